The minimum Gasteiger partial charge on any atom is -0.360 e. The van der Waals surface area contributed by atoms with Crippen molar-refractivity contribution in [3.63, 3.8) is 0 Å². The summed E-state index contributed by atoms with van der Waals surface area (Å²) in [5.74, 6) is -0.437. The predicted octanol–water partition coefficient (Wildman–Crippen LogP) is 4.11. The van der Waals surface area contributed by atoms with Gasteiger partial charge in [0.15, 0.2) is 0 Å². The Balaban J connectivity index is 1.49. The van der Waals surface area contributed by atoms with Gasteiger partial charge in [-0.1, -0.05) is 42.8 Å². The molecular formula is C28H28N4O4S. The maximum Gasteiger partial charge on any atom is 0.259 e. The molecule has 5 rings (SSSR count). The van der Waals surface area contributed by atoms with Crippen molar-refractivity contribution in [3.05, 3.63) is 106 Å². The molecule has 1 amide bonds. The van der Waals surface area contributed by atoms with Crippen LogP contribution in [0.2, 0.25) is 0 Å². The van der Waals surface area contributed by atoms with E-state index in [4.69, 9.17) is 0 Å². The first-order valence-corrected chi connectivity index (χ1v) is 13.7. The molecule has 0 spiro atoms. The van der Waals surface area contributed by atoms with E-state index in [0.29, 0.717) is 25.0 Å². The number of hydrogen-bond donors (Lipinski definition) is 1. The summed E-state index contributed by atoms with van der Waals surface area (Å²) in [4.78, 5) is 35.2. The highest BCUT2D eigenvalue weighted by Crippen LogP contribution is 2.35. The first-order valence-electron chi connectivity index (χ1n) is 12.2. The molecule has 2 aromatic heterocycles. The molecule has 190 valence electrons. The van der Waals surface area contributed by atoms with E-state index in [1.165, 1.54) is 27.5 Å². The number of nitrogens with one attached hydrogen (secondary N) is 1. The number of aromatic nitrogens is 2. The smallest absolute Gasteiger partial charge is 0.259 e. The molecule has 2 aromatic carbocycles. The third-order valence-electron chi connectivity index (χ3n) is 6.82. The lowest BCUT2D eigenvalue weighted by Gasteiger charge is -2.34. The number of amides is 1. The Morgan fingerprint density at radius 1 is 1.11 bits per heavy atom. The van der Waals surface area contributed by atoms with E-state index in [-0.39, 0.29) is 21.9 Å². The predicted molar refractivity (Wildman–Crippen MR) is 142 cm³/mol. The zero-order valence-electron chi connectivity index (χ0n) is 20.5. The summed E-state index contributed by atoms with van der Waals surface area (Å²) < 4.78 is 29.1. The highest BCUT2D eigenvalue weighted by molar-refractivity contribution is 7.89. The van der Waals surface area contributed by atoms with Crippen molar-refractivity contribution in [2.24, 2.45) is 0 Å². The Bertz CT molecular complexity index is 1590. The maximum absolute atomic E-state index is 13.8. The summed E-state index contributed by atoms with van der Waals surface area (Å²) in [6.07, 6.45) is 7.14. The Hall–Kier alpha value is -3.82. The van der Waals surface area contributed by atoms with Gasteiger partial charge in [-0.15, -0.1) is 0 Å². The van der Waals surface area contributed by atoms with Crippen molar-refractivity contribution in [3.8, 4) is 0 Å². The monoisotopic (exact) mass is 516 g/mol. The number of rotatable bonds is 6. The van der Waals surface area contributed by atoms with Crippen LogP contribution in [-0.4, -0.2) is 47.1 Å². The van der Waals surface area contributed by atoms with E-state index in [2.05, 4.69) is 9.97 Å². The third-order valence-corrected chi connectivity index (χ3v) is 8.73. The Labute approximate surface area is 215 Å². The Kier molecular flexibility index (Phi) is 6.90. The van der Waals surface area contributed by atoms with Gasteiger partial charge in [-0.2, -0.15) is 4.31 Å². The lowest BCUT2D eigenvalue weighted by molar-refractivity contribution is 0.0783. The van der Waals surface area contributed by atoms with Crippen LogP contribution in [0.5, 0.6) is 0 Å². The number of fused-ring (bicyclic) bond motifs is 1. The van der Waals surface area contributed by atoms with Crippen LogP contribution < -0.4 is 5.43 Å². The summed E-state index contributed by atoms with van der Waals surface area (Å²) in [6.45, 7) is 0.732. The van der Waals surface area contributed by atoms with Crippen LogP contribution in [0.1, 0.15) is 46.8 Å². The minimum atomic E-state index is -3.90. The standard InChI is InChI=1S/C28H28N4O4S/c1-31(19-20-8-3-2-4-9-20)28(34)24-18-30-25-13-12-22(16-23(25)27(24)33)37(35,36)32-15-6-5-11-26(32)21-10-7-14-29-17-21/h2-4,7-10,12-14,16-18,26H,5-6,11,15,19H2,1H3,(H,30,33). The highest BCUT2D eigenvalue weighted by Gasteiger charge is 2.35. The number of piperidine rings is 1. The van der Waals surface area contributed by atoms with Gasteiger partial charge < -0.3 is 9.88 Å². The van der Waals surface area contributed by atoms with Gasteiger partial charge in [0.1, 0.15) is 5.56 Å². The SMILES string of the molecule is CN(Cc1ccccc1)C(=O)c1c[nH]c2ccc(S(=O)(=O)N3CCCCC3c3cccnc3)cc2c1=O. The highest BCUT2D eigenvalue weighted by atomic mass is 32.2. The van der Waals surface area contributed by atoms with Crippen LogP contribution in [0.3, 0.4) is 0 Å². The van der Waals surface area contributed by atoms with Gasteiger partial charge in [-0.3, -0.25) is 14.6 Å². The zero-order chi connectivity index (χ0) is 26.0. The first kappa shape index (κ1) is 24.9. The molecule has 0 aliphatic carbocycles. The molecule has 37 heavy (non-hydrogen) atoms. The van der Waals surface area contributed by atoms with Crippen molar-refractivity contribution >= 4 is 26.8 Å². The topological polar surface area (TPSA) is 103 Å². The fourth-order valence-electron chi connectivity index (χ4n) is 4.89. The van der Waals surface area contributed by atoms with Gasteiger partial charge in [0, 0.05) is 49.6 Å². The van der Waals surface area contributed by atoms with Gasteiger partial charge in [-0.05, 0) is 48.2 Å². The lowest BCUT2D eigenvalue weighted by atomic mass is 9.99. The molecule has 1 atom stereocenters. The molecule has 1 fully saturated rings. The molecule has 1 saturated heterocycles. The van der Waals surface area contributed by atoms with Crippen LogP contribution in [-0.2, 0) is 16.6 Å². The fraction of sp³-hybridized carbons (Fsp3) is 0.250. The average molecular weight is 517 g/mol. The zero-order valence-corrected chi connectivity index (χ0v) is 21.3. The second kappa shape index (κ2) is 10.3. The average Bonchev–Trinajstić information content (AvgIpc) is 2.94. The lowest BCUT2D eigenvalue weighted by Crippen LogP contribution is -2.38. The Morgan fingerprint density at radius 3 is 2.68 bits per heavy atom. The van der Waals surface area contributed by atoms with Crippen molar-refractivity contribution in [1.29, 1.82) is 0 Å². The van der Waals surface area contributed by atoms with Gasteiger partial charge >= 0.3 is 0 Å². The molecule has 3 heterocycles. The molecule has 0 saturated carbocycles. The number of sulfonamides is 1. The third kappa shape index (κ3) is 4.92. The molecule has 9 heteroatoms. The number of benzene rings is 2. The number of pyridine rings is 2. The first-order chi connectivity index (χ1) is 17.9. The number of hydrogen-bond acceptors (Lipinski definition) is 5. The molecule has 1 aliphatic heterocycles. The van der Waals surface area contributed by atoms with E-state index >= 15 is 0 Å². The van der Waals surface area contributed by atoms with Gasteiger partial charge in [0.05, 0.1) is 10.9 Å². The summed E-state index contributed by atoms with van der Waals surface area (Å²) in [5, 5.41) is 0.162. The second-order valence-corrected chi connectivity index (χ2v) is 11.2. The molecule has 1 aliphatic rings. The second-order valence-electron chi connectivity index (χ2n) is 9.30. The van der Waals surface area contributed by atoms with Crippen LogP contribution in [0.4, 0.5) is 0 Å². The van der Waals surface area contributed by atoms with Crippen molar-refractivity contribution in [2.75, 3.05) is 13.6 Å². The summed E-state index contributed by atoms with van der Waals surface area (Å²) in [5.41, 5.74) is 1.71. The molecule has 0 bridgehead atoms. The molecule has 4 aromatic rings. The van der Waals surface area contributed by atoms with E-state index in [1.807, 2.05) is 36.4 Å². The molecular weight excluding hydrogens is 488 g/mol. The van der Waals surface area contributed by atoms with Crippen LogP contribution in [0, 0.1) is 0 Å². The van der Waals surface area contributed by atoms with Crippen LogP contribution >= 0.6 is 0 Å². The molecule has 1 N–H and O–H groups in total. The number of nitrogens with zero attached hydrogens (tertiary/aromatic N) is 3. The van der Waals surface area contributed by atoms with E-state index < -0.39 is 21.4 Å². The van der Waals surface area contributed by atoms with E-state index in [9.17, 15) is 18.0 Å². The summed E-state index contributed by atoms with van der Waals surface area (Å²) >= 11 is 0. The normalized spacial score (nSPS) is 16.5. The van der Waals surface area contributed by atoms with Crippen molar-refractivity contribution in [2.45, 2.75) is 36.7 Å². The van der Waals surface area contributed by atoms with Crippen molar-refractivity contribution in [1.82, 2.24) is 19.2 Å². The number of carbonyl (C=O) groups is 1. The quantitative estimate of drug-likeness (QED) is 0.415. The fourth-order valence-corrected chi connectivity index (χ4v) is 6.60. The van der Waals surface area contributed by atoms with Crippen molar-refractivity contribution < 1.29 is 13.2 Å². The van der Waals surface area contributed by atoms with E-state index in [0.717, 1.165) is 24.0 Å². The van der Waals surface area contributed by atoms with E-state index in [1.54, 1.807) is 31.6 Å². The number of carbonyl (C=O) groups excluding carboxylic acids is 1. The van der Waals surface area contributed by atoms with Crippen LogP contribution in [0.15, 0.2) is 88.9 Å². The molecule has 8 nitrogen and oxygen atoms in total. The summed E-state index contributed by atoms with van der Waals surface area (Å²) in [6, 6.07) is 17.3. The Morgan fingerprint density at radius 2 is 1.92 bits per heavy atom. The van der Waals surface area contributed by atoms with Crippen LogP contribution in [0.25, 0.3) is 10.9 Å². The number of aromatic amines is 1. The summed E-state index contributed by atoms with van der Waals surface area (Å²) in [7, 11) is -2.27. The molecule has 0 radical (unpaired) electrons. The van der Waals surface area contributed by atoms with Gasteiger partial charge in [-0.25, -0.2) is 8.42 Å². The maximum atomic E-state index is 13.8. The largest absolute Gasteiger partial charge is 0.360 e. The number of H-pyrrole nitrogens is 1. The van der Waals surface area contributed by atoms with Gasteiger partial charge in [0.2, 0.25) is 15.5 Å². The minimum absolute atomic E-state index is 0.0310. The molecule has 1 unspecified atom stereocenters. The van der Waals surface area contributed by atoms with Gasteiger partial charge in [0.25, 0.3) is 5.91 Å².